The number of nitrogens with zero attached hydrogens (tertiary/aromatic N) is 4. The number of hydrogen-bond acceptors (Lipinski definition) is 5. The van der Waals surface area contributed by atoms with Gasteiger partial charge in [0.25, 0.3) is 0 Å². The van der Waals surface area contributed by atoms with Gasteiger partial charge >= 0.3 is 0 Å². The highest BCUT2D eigenvalue weighted by Crippen LogP contribution is 2.23. The molecule has 0 spiro atoms. The fraction of sp³-hybridized carbons (Fsp3) is 0.647. The summed E-state index contributed by atoms with van der Waals surface area (Å²) in [7, 11) is 1.77. The Morgan fingerprint density at radius 3 is 2.96 bits per heavy atom. The van der Waals surface area contributed by atoms with E-state index in [0.717, 1.165) is 31.4 Å². The largest absolute Gasteiger partial charge is 0.337 e. The van der Waals surface area contributed by atoms with Crippen molar-refractivity contribution < 1.29 is 9.32 Å². The van der Waals surface area contributed by atoms with E-state index in [9.17, 15) is 4.79 Å². The van der Waals surface area contributed by atoms with E-state index in [-0.39, 0.29) is 5.91 Å². The topological polar surface area (TPSA) is 87.9 Å². The Balaban J connectivity index is 1.51. The summed E-state index contributed by atoms with van der Waals surface area (Å²) in [5, 5.41) is 11.4. The van der Waals surface area contributed by atoms with Crippen LogP contribution in [0.2, 0.25) is 0 Å². The van der Waals surface area contributed by atoms with Crippen LogP contribution in [-0.2, 0) is 37.0 Å². The maximum absolute atomic E-state index is 12.3. The minimum atomic E-state index is 0.0674. The monoisotopic (exact) mass is 331 g/mol. The molecule has 0 atom stereocenters. The number of fused-ring (bicyclic) bond motifs is 1. The number of aromatic nitrogens is 4. The average Bonchev–Trinajstić information content (AvgIpc) is 3.20. The van der Waals surface area contributed by atoms with Crippen molar-refractivity contribution in [3.63, 3.8) is 0 Å². The number of aromatic amines is 1. The molecule has 0 aliphatic heterocycles. The van der Waals surface area contributed by atoms with Crippen LogP contribution in [0.1, 0.15) is 61.3 Å². The molecule has 1 amide bonds. The lowest BCUT2D eigenvalue weighted by Gasteiger charge is -2.15. The first kappa shape index (κ1) is 16.7. The van der Waals surface area contributed by atoms with Crippen molar-refractivity contribution in [1.82, 2.24) is 25.2 Å². The predicted molar refractivity (Wildman–Crippen MR) is 88.3 cm³/mol. The van der Waals surface area contributed by atoms with Crippen molar-refractivity contribution in [2.45, 2.75) is 64.8 Å². The Kier molecular flexibility index (Phi) is 5.27. The molecule has 7 heteroatoms. The molecule has 130 valence electrons. The Morgan fingerprint density at radius 1 is 1.29 bits per heavy atom. The number of carbonyl (C=O) groups is 1. The first-order valence-corrected chi connectivity index (χ1v) is 8.77. The summed E-state index contributed by atoms with van der Waals surface area (Å²) in [5.74, 6) is 1.26. The maximum Gasteiger partial charge on any atom is 0.246 e. The van der Waals surface area contributed by atoms with Crippen molar-refractivity contribution in [3.8, 4) is 0 Å². The molecule has 24 heavy (non-hydrogen) atoms. The van der Waals surface area contributed by atoms with Gasteiger partial charge < -0.3 is 9.42 Å². The van der Waals surface area contributed by atoms with E-state index < -0.39 is 0 Å². The van der Waals surface area contributed by atoms with Crippen molar-refractivity contribution in [3.05, 3.63) is 28.7 Å². The SMILES string of the molecule is CCCc1noc(CN(C)C(=O)CCc2n[nH]c3c2CCCC3)n1. The number of nitrogens with one attached hydrogen (secondary N) is 1. The molecule has 0 bridgehead atoms. The second-order valence-electron chi connectivity index (χ2n) is 6.44. The van der Waals surface area contributed by atoms with E-state index in [1.165, 1.54) is 24.1 Å². The van der Waals surface area contributed by atoms with Crippen molar-refractivity contribution in [2.24, 2.45) is 0 Å². The smallest absolute Gasteiger partial charge is 0.246 e. The summed E-state index contributed by atoms with van der Waals surface area (Å²) < 4.78 is 5.19. The molecular weight excluding hydrogens is 306 g/mol. The van der Waals surface area contributed by atoms with Gasteiger partial charge in [-0.05, 0) is 37.7 Å². The van der Waals surface area contributed by atoms with Crippen LogP contribution in [0.4, 0.5) is 0 Å². The van der Waals surface area contributed by atoms with E-state index in [0.29, 0.717) is 31.1 Å². The van der Waals surface area contributed by atoms with E-state index in [1.807, 2.05) is 0 Å². The quantitative estimate of drug-likeness (QED) is 0.840. The molecule has 0 fully saturated rings. The minimum Gasteiger partial charge on any atom is -0.337 e. The van der Waals surface area contributed by atoms with E-state index in [4.69, 9.17) is 4.52 Å². The highest BCUT2D eigenvalue weighted by molar-refractivity contribution is 5.76. The zero-order valence-corrected chi connectivity index (χ0v) is 14.5. The Bertz CT molecular complexity index is 691. The number of carbonyl (C=O) groups excluding carboxylic acids is 1. The fourth-order valence-electron chi connectivity index (χ4n) is 3.14. The van der Waals surface area contributed by atoms with Gasteiger partial charge in [0.1, 0.15) is 0 Å². The van der Waals surface area contributed by atoms with E-state index >= 15 is 0 Å². The summed E-state index contributed by atoms with van der Waals surface area (Å²) >= 11 is 0. The highest BCUT2D eigenvalue weighted by Gasteiger charge is 2.19. The van der Waals surface area contributed by atoms with Gasteiger partial charge in [0.05, 0.1) is 12.2 Å². The molecular formula is C17H25N5O2. The van der Waals surface area contributed by atoms with Gasteiger partial charge in [0, 0.05) is 32.0 Å². The van der Waals surface area contributed by atoms with Gasteiger partial charge in [0.15, 0.2) is 5.82 Å². The molecule has 0 radical (unpaired) electrons. The lowest BCUT2D eigenvalue weighted by molar-refractivity contribution is -0.130. The third-order valence-electron chi connectivity index (χ3n) is 4.50. The van der Waals surface area contributed by atoms with Crippen LogP contribution in [-0.4, -0.2) is 38.2 Å². The van der Waals surface area contributed by atoms with Crippen LogP contribution in [0.25, 0.3) is 0 Å². The van der Waals surface area contributed by atoms with Gasteiger partial charge in [-0.15, -0.1) is 0 Å². The first-order chi connectivity index (χ1) is 11.7. The Labute approximate surface area is 141 Å². The summed E-state index contributed by atoms with van der Waals surface area (Å²) in [6.45, 7) is 2.42. The third kappa shape index (κ3) is 3.83. The number of amides is 1. The molecule has 0 saturated heterocycles. The standard InChI is InChI=1S/C17H25N5O2/c1-3-6-15-18-16(24-21-15)11-22(2)17(23)10-9-14-12-7-4-5-8-13(12)19-20-14/h3-11H2,1-2H3,(H,19,20). The number of hydrogen-bond donors (Lipinski definition) is 1. The Morgan fingerprint density at radius 2 is 2.12 bits per heavy atom. The molecule has 0 saturated carbocycles. The zero-order valence-electron chi connectivity index (χ0n) is 14.5. The minimum absolute atomic E-state index is 0.0674. The van der Waals surface area contributed by atoms with E-state index in [2.05, 4.69) is 27.3 Å². The molecule has 0 aromatic carbocycles. The van der Waals surface area contributed by atoms with Crippen molar-refractivity contribution in [2.75, 3.05) is 7.05 Å². The number of aryl methyl sites for hydroxylation is 3. The molecule has 1 aliphatic carbocycles. The number of rotatable bonds is 7. The molecule has 2 aromatic heterocycles. The lowest BCUT2D eigenvalue weighted by atomic mass is 9.94. The van der Waals surface area contributed by atoms with Crippen LogP contribution < -0.4 is 0 Å². The summed E-state index contributed by atoms with van der Waals surface area (Å²) in [6, 6.07) is 0. The van der Waals surface area contributed by atoms with Gasteiger partial charge in [-0.3, -0.25) is 9.89 Å². The Hall–Kier alpha value is -2.18. The van der Waals surface area contributed by atoms with Gasteiger partial charge in [-0.2, -0.15) is 10.1 Å². The van der Waals surface area contributed by atoms with Crippen LogP contribution in [0.15, 0.2) is 4.52 Å². The maximum atomic E-state index is 12.3. The summed E-state index contributed by atoms with van der Waals surface area (Å²) in [6.07, 6.45) is 7.49. The first-order valence-electron chi connectivity index (χ1n) is 8.77. The molecule has 1 N–H and O–H groups in total. The van der Waals surface area contributed by atoms with Crippen molar-refractivity contribution >= 4 is 5.91 Å². The lowest BCUT2D eigenvalue weighted by Crippen LogP contribution is -2.26. The van der Waals surface area contributed by atoms with Gasteiger partial charge in [-0.1, -0.05) is 12.1 Å². The highest BCUT2D eigenvalue weighted by atomic mass is 16.5. The summed E-state index contributed by atoms with van der Waals surface area (Å²) in [4.78, 5) is 18.3. The van der Waals surface area contributed by atoms with Crippen LogP contribution in [0.3, 0.4) is 0 Å². The average molecular weight is 331 g/mol. The molecule has 0 unspecified atom stereocenters. The van der Waals surface area contributed by atoms with Crippen LogP contribution in [0.5, 0.6) is 0 Å². The van der Waals surface area contributed by atoms with Crippen LogP contribution in [0, 0.1) is 0 Å². The predicted octanol–water partition coefficient (Wildman–Crippen LogP) is 2.22. The number of H-pyrrole nitrogens is 1. The fourth-order valence-corrected chi connectivity index (χ4v) is 3.14. The second kappa shape index (κ2) is 7.59. The van der Waals surface area contributed by atoms with Crippen molar-refractivity contribution in [1.29, 1.82) is 0 Å². The zero-order chi connectivity index (χ0) is 16.9. The summed E-state index contributed by atoms with van der Waals surface area (Å²) in [5.41, 5.74) is 3.64. The molecule has 3 rings (SSSR count). The molecule has 7 nitrogen and oxygen atoms in total. The molecule has 2 heterocycles. The van der Waals surface area contributed by atoms with Gasteiger partial charge in [-0.25, -0.2) is 0 Å². The molecule has 1 aliphatic rings. The van der Waals surface area contributed by atoms with E-state index in [1.54, 1.807) is 11.9 Å². The van der Waals surface area contributed by atoms with Gasteiger partial charge in [0.2, 0.25) is 11.8 Å². The molecule has 2 aromatic rings. The normalized spacial score (nSPS) is 13.8. The third-order valence-corrected chi connectivity index (χ3v) is 4.50. The van der Waals surface area contributed by atoms with Crippen LogP contribution >= 0.6 is 0 Å². The second-order valence-corrected chi connectivity index (χ2v) is 6.44.